The molecular weight excluding hydrogens is 236 g/mol. The van der Waals surface area contributed by atoms with Gasteiger partial charge in [-0.2, -0.15) is 5.26 Å². The predicted molar refractivity (Wildman–Crippen MR) is 74.5 cm³/mol. The van der Waals surface area contributed by atoms with E-state index in [1.807, 2.05) is 36.7 Å². The molecule has 0 aliphatic rings. The number of benzene rings is 1. The Morgan fingerprint density at radius 3 is 2.68 bits per heavy atom. The van der Waals surface area contributed by atoms with Gasteiger partial charge in [0.2, 0.25) is 0 Å². The fourth-order valence-corrected chi connectivity index (χ4v) is 1.83. The molecular formula is C15H18N4. The van der Waals surface area contributed by atoms with Gasteiger partial charge in [-0.25, -0.2) is 4.98 Å². The summed E-state index contributed by atoms with van der Waals surface area (Å²) < 4.78 is 2.12. The SMILES string of the molecule is CC(C)NCc1nccn1Cc1ccc(C#N)cc1. The van der Waals surface area contributed by atoms with Crippen LogP contribution in [0.15, 0.2) is 36.7 Å². The first-order valence-electron chi connectivity index (χ1n) is 6.41. The second-order valence-corrected chi connectivity index (χ2v) is 4.82. The molecule has 0 fully saturated rings. The smallest absolute Gasteiger partial charge is 0.122 e. The zero-order chi connectivity index (χ0) is 13.7. The molecule has 1 aromatic heterocycles. The molecule has 0 saturated heterocycles. The van der Waals surface area contributed by atoms with E-state index >= 15 is 0 Å². The Morgan fingerprint density at radius 2 is 2.05 bits per heavy atom. The topological polar surface area (TPSA) is 53.6 Å². The van der Waals surface area contributed by atoms with Crippen molar-refractivity contribution in [2.75, 3.05) is 0 Å². The summed E-state index contributed by atoms with van der Waals surface area (Å²) in [6, 6.07) is 10.2. The molecule has 0 saturated carbocycles. The second kappa shape index (κ2) is 6.17. The molecule has 2 aromatic rings. The second-order valence-electron chi connectivity index (χ2n) is 4.82. The van der Waals surface area contributed by atoms with E-state index in [0.717, 1.165) is 18.9 Å². The standard InChI is InChI=1S/C15H18N4/c1-12(2)18-10-15-17-7-8-19(15)11-14-5-3-13(9-16)4-6-14/h3-8,12,18H,10-11H2,1-2H3. The minimum atomic E-state index is 0.445. The van der Waals surface area contributed by atoms with Crippen molar-refractivity contribution in [3.63, 3.8) is 0 Å². The van der Waals surface area contributed by atoms with Crippen LogP contribution in [0, 0.1) is 11.3 Å². The van der Waals surface area contributed by atoms with Crippen molar-refractivity contribution >= 4 is 0 Å². The first-order valence-corrected chi connectivity index (χ1v) is 6.41. The Hall–Kier alpha value is -2.12. The highest BCUT2D eigenvalue weighted by Crippen LogP contribution is 2.07. The Kier molecular flexibility index (Phi) is 4.32. The van der Waals surface area contributed by atoms with Crippen LogP contribution in [0.4, 0.5) is 0 Å². The normalized spacial score (nSPS) is 10.6. The van der Waals surface area contributed by atoms with Crippen molar-refractivity contribution in [3.8, 4) is 6.07 Å². The van der Waals surface area contributed by atoms with E-state index in [0.29, 0.717) is 11.6 Å². The largest absolute Gasteiger partial charge is 0.329 e. The van der Waals surface area contributed by atoms with Crippen molar-refractivity contribution in [1.29, 1.82) is 5.26 Å². The van der Waals surface area contributed by atoms with Crippen LogP contribution in [0.2, 0.25) is 0 Å². The average Bonchev–Trinajstić information content (AvgIpc) is 2.84. The number of nitriles is 1. The van der Waals surface area contributed by atoms with Gasteiger partial charge in [-0.05, 0) is 17.7 Å². The lowest BCUT2D eigenvalue weighted by Crippen LogP contribution is -2.24. The summed E-state index contributed by atoms with van der Waals surface area (Å²) in [4.78, 5) is 4.37. The third-order valence-electron chi connectivity index (χ3n) is 2.91. The zero-order valence-corrected chi connectivity index (χ0v) is 11.3. The molecule has 0 aliphatic carbocycles. The van der Waals surface area contributed by atoms with E-state index in [1.54, 1.807) is 0 Å². The van der Waals surface area contributed by atoms with Gasteiger partial charge >= 0.3 is 0 Å². The number of nitrogens with zero attached hydrogens (tertiary/aromatic N) is 3. The lowest BCUT2D eigenvalue weighted by Gasteiger charge is -2.11. The number of rotatable bonds is 5. The summed E-state index contributed by atoms with van der Waals surface area (Å²) in [5, 5.41) is 12.1. The molecule has 1 heterocycles. The molecule has 0 amide bonds. The molecule has 0 aliphatic heterocycles. The highest BCUT2D eigenvalue weighted by Gasteiger charge is 2.04. The Labute approximate surface area is 113 Å². The molecule has 4 heteroatoms. The van der Waals surface area contributed by atoms with Crippen LogP contribution in [0.25, 0.3) is 0 Å². The van der Waals surface area contributed by atoms with Crippen molar-refractivity contribution < 1.29 is 0 Å². The van der Waals surface area contributed by atoms with E-state index in [4.69, 9.17) is 5.26 Å². The maximum atomic E-state index is 8.78. The van der Waals surface area contributed by atoms with Gasteiger partial charge in [0.15, 0.2) is 0 Å². The van der Waals surface area contributed by atoms with E-state index in [1.165, 1.54) is 5.56 Å². The van der Waals surface area contributed by atoms with E-state index in [-0.39, 0.29) is 0 Å². The van der Waals surface area contributed by atoms with Gasteiger partial charge in [-0.3, -0.25) is 0 Å². The summed E-state index contributed by atoms with van der Waals surface area (Å²) >= 11 is 0. The summed E-state index contributed by atoms with van der Waals surface area (Å²) in [6.07, 6.45) is 3.80. The maximum Gasteiger partial charge on any atom is 0.122 e. The molecule has 19 heavy (non-hydrogen) atoms. The monoisotopic (exact) mass is 254 g/mol. The first-order chi connectivity index (χ1) is 9.19. The quantitative estimate of drug-likeness (QED) is 0.890. The van der Waals surface area contributed by atoms with Gasteiger partial charge in [0.25, 0.3) is 0 Å². The number of aromatic nitrogens is 2. The average molecular weight is 254 g/mol. The maximum absolute atomic E-state index is 8.78. The third-order valence-corrected chi connectivity index (χ3v) is 2.91. The highest BCUT2D eigenvalue weighted by molar-refractivity contribution is 5.31. The molecule has 1 aromatic carbocycles. The van der Waals surface area contributed by atoms with E-state index < -0.39 is 0 Å². The zero-order valence-electron chi connectivity index (χ0n) is 11.3. The molecule has 0 spiro atoms. The summed E-state index contributed by atoms with van der Waals surface area (Å²) in [7, 11) is 0. The van der Waals surface area contributed by atoms with Gasteiger partial charge in [0.1, 0.15) is 5.82 Å². The van der Waals surface area contributed by atoms with Crippen molar-refractivity contribution in [2.24, 2.45) is 0 Å². The number of hydrogen-bond donors (Lipinski definition) is 1. The van der Waals surface area contributed by atoms with Crippen LogP contribution >= 0.6 is 0 Å². The minimum absolute atomic E-state index is 0.445. The van der Waals surface area contributed by atoms with Crippen LogP contribution in [-0.4, -0.2) is 15.6 Å². The van der Waals surface area contributed by atoms with Crippen molar-refractivity contribution in [3.05, 3.63) is 53.6 Å². The van der Waals surface area contributed by atoms with Gasteiger partial charge in [-0.15, -0.1) is 0 Å². The minimum Gasteiger partial charge on any atom is -0.329 e. The van der Waals surface area contributed by atoms with E-state index in [9.17, 15) is 0 Å². The van der Waals surface area contributed by atoms with E-state index in [2.05, 4.69) is 34.8 Å². The van der Waals surface area contributed by atoms with Crippen LogP contribution < -0.4 is 5.32 Å². The highest BCUT2D eigenvalue weighted by atomic mass is 15.1. The molecule has 0 atom stereocenters. The fraction of sp³-hybridized carbons (Fsp3) is 0.333. The summed E-state index contributed by atoms with van der Waals surface area (Å²) in [5.74, 6) is 1.03. The van der Waals surface area contributed by atoms with Gasteiger partial charge < -0.3 is 9.88 Å². The van der Waals surface area contributed by atoms with Gasteiger partial charge in [0.05, 0.1) is 18.2 Å². The Bertz CT molecular complexity index is 561. The molecule has 2 rings (SSSR count). The lowest BCUT2D eigenvalue weighted by molar-refractivity contribution is 0.554. The first kappa shape index (κ1) is 13.3. The lowest BCUT2D eigenvalue weighted by atomic mass is 10.1. The molecule has 0 bridgehead atoms. The number of hydrogen-bond acceptors (Lipinski definition) is 3. The molecule has 0 unspecified atom stereocenters. The van der Waals surface area contributed by atoms with Gasteiger partial charge in [-0.1, -0.05) is 26.0 Å². The van der Waals surface area contributed by atoms with Gasteiger partial charge in [0, 0.05) is 25.0 Å². The molecule has 4 nitrogen and oxygen atoms in total. The van der Waals surface area contributed by atoms with Crippen LogP contribution in [0.1, 0.15) is 30.8 Å². The van der Waals surface area contributed by atoms with Crippen molar-refractivity contribution in [2.45, 2.75) is 33.0 Å². The Balaban J connectivity index is 2.06. The number of nitrogens with one attached hydrogen (secondary N) is 1. The molecule has 0 radical (unpaired) electrons. The van der Waals surface area contributed by atoms with Crippen LogP contribution in [0.3, 0.4) is 0 Å². The summed E-state index contributed by atoms with van der Waals surface area (Å²) in [5.41, 5.74) is 1.86. The predicted octanol–water partition coefficient (Wildman–Crippen LogP) is 2.30. The van der Waals surface area contributed by atoms with Crippen molar-refractivity contribution in [1.82, 2.24) is 14.9 Å². The van der Waals surface area contributed by atoms with Crippen LogP contribution in [0.5, 0.6) is 0 Å². The third kappa shape index (κ3) is 3.67. The summed E-state index contributed by atoms with van der Waals surface area (Å²) in [6.45, 7) is 5.78. The van der Waals surface area contributed by atoms with Crippen LogP contribution in [-0.2, 0) is 13.1 Å². The number of imidazole rings is 1. The molecule has 98 valence electrons. The fourth-order valence-electron chi connectivity index (χ4n) is 1.83. The molecule has 1 N–H and O–H groups in total. The Morgan fingerprint density at radius 1 is 1.32 bits per heavy atom.